The average molecular weight is 459 g/mol. The Labute approximate surface area is 193 Å². The minimum absolute atomic E-state index is 0.0550. The van der Waals surface area contributed by atoms with E-state index in [0.29, 0.717) is 13.1 Å². The molecule has 1 fully saturated rings. The molecule has 2 aromatic rings. The molecule has 0 radical (unpaired) electrons. The molecule has 2 aliphatic rings. The zero-order valence-electron chi connectivity index (χ0n) is 18.6. The smallest absolute Gasteiger partial charge is 0.242 e. The summed E-state index contributed by atoms with van der Waals surface area (Å²) in [6.45, 7) is 3.48. The normalized spacial score (nSPS) is 18.4. The summed E-state index contributed by atoms with van der Waals surface area (Å²) in [5, 5.41) is 2.03. The number of carbonyl (C=O) groups is 2. The molecule has 1 aliphatic heterocycles. The summed E-state index contributed by atoms with van der Waals surface area (Å²) in [5.74, 6) is -0.123. The highest BCUT2D eigenvalue weighted by atomic mass is 32.1. The fraction of sp³-hybridized carbons (Fsp3) is 0.520. The molecule has 1 aromatic carbocycles. The molecule has 2 heterocycles. The van der Waals surface area contributed by atoms with Gasteiger partial charge in [0.1, 0.15) is 6.61 Å². The first kappa shape index (κ1) is 22.8. The van der Waals surface area contributed by atoms with E-state index < -0.39 is 5.82 Å². The van der Waals surface area contributed by atoms with E-state index in [1.165, 1.54) is 10.9 Å². The highest BCUT2D eigenvalue weighted by Crippen LogP contribution is 2.34. The van der Waals surface area contributed by atoms with Crippen molar-refractivity contribution in [2.75, 3.05) is 26.2 Å². The quantitative estimate of drug-likeness (QED) is 0.570. The minimum atomic E-state index is -0.414. The number of hydrogen-bond donors (Lipinski definition) is 0. The van der Waals surface area contributed by atoms with Crippen molar-refractivity contribution < 1.29 is 18.7 Å². The van der Waals surface area contributed by atoms with Crippen LogP contribution in [0.4, 0.5) is 4.39 Å². The molecule has 172 valence electrons. The van der Waals surface area contributed by atoms with E-state index in [-0.39, 0.29) is 42.7 Å². The molecule has 0 saturated heterocycles. The largest absolute Gasteiger partial charge is 0.488 e. The first-order valence-corrected chi connectivity index (χ1v) is 12.5. The zero-order valence-corrected chi connectivity index (χ0v) is 19.4. The number of rotatable bonds is 8. The predicted octanol–water partition coefficient (Wildman–Crippen LogP) is 4.82. The Morgan fingerprint density at radius 2 is 2.00 bits per heavy atom. The molecule has 0 unspecified atom stereocenters. The molecular weight excluding hydrogens is 427 g/mol. The Kier molecular flexibility index (Phi) is 7.45. The van der Waals surface area contributed by atoms with E-state index in [1.54, 1.807) is 34.4 Å². The molecule has 1 atom stereocenters. The van der Waals surface area contributed by atoms with Crippen molar-refractivity contribution in [2.45, 2.75) is 51.5 Å². The fourth-order valence-corrected chi connectivity index (χ4v) is 5.76. The highest BCUT2D eigenvalue weighted by Gasteiger charge is 2.35. The van der Waals surface area contributed by atoms with E-state index in [1.807, 2.05) is 23.3 Å². The van der Waals surface area contributed by atoms with E-state index in [9.17, 15) is 14.0 Å². The van der Waals surface area contributed by atoms with Crippen LogP contribution >= 0.6 is 11.3 Å². The number of nitrogens with zero attached hydrogens (tertiary/aromatic N) is 2. The highest BCUT2D eigenvalue weighted by molar-refractivity contribution is 7.10. The van der Waals surface area contributed by atoms with E-state index >= 15 is 0 Å². The number of hydrogen-bond acceptors (Lipinski definition) is 4. The van der Waals surface area contributed by atoms with Crippen molar-refractivity contribution in [1.82, 2.24) is 9.80 Å². The maximum Gasteiger partial charge on any atom is 0.242 e. The third-order valence-corrected chi connectivity index (χ3v) is 7.48. The standard InChI is InChI=1S/C25H31FN2O3S/c1-2-13-27(25(30)18-7-3-4-8-18)16-24(29)28-14-11-23-19(12-15-32-23)21(28)17-31-22-10-6-5-9-20(22)26/h5-6,9-10,12,15,18,21H,2-4,7-8,11,13-14,16-17H2,1H3/t21-/m1/s1. The van der Waals surface area contributed by atoms with Gasteiger partial charge in [-0.3, -0.25) is 9.59 Å². The molecule has 0 N–H and O–H groups in total. The van der Waals surface area contributed by atoms with Gasteiger partial charge >= 0.3 is 0 Å². The predicted molar refractivity (Wildman–Crippen MR) is 123 cm³/mol. The van der Waals surface area contributed by atoms with E-state index in [4.69, 9.17) is 4.74 Å². The van der Waals surface area contributed by atoms with Crippen LogP contribution in [0.1, 0.15) is 55.5 Å². The van der Waals surface area contributed by atoms with Crippen molar-refractivity contribution in [1.29, 1.82) is 0 Å². The Morgan fingerprint density at radius 1 is 1.22 bits per heavy atom. The summed E-state index contributed by atoms with van der Waals surface area (Å²) >= 11 is 1.68. The zero-order chi connectivity index (χ0) is 22.5. The van der Waals surface area contributed by atoms with Crippen molar-refractivity contribution in [3.8, 4) is 5.75 Å². The molecule has 4 rings (SSSR count). The van der Waals surface area contributed by atoms with Crippen molar-refractivity contribution in [2.24, 2.45) is 5.92 Å². The van der Waals surface area contributed by atoms with Crippen molar-refractivity contribution >= 4 is 23.2 Å². The number of para-hydroxylation sites is 1. The van der Waals surface area contributed by atoms with Crippen LogP contribution < -0.4 is 4.74 Å². The van der Waals surface area contributed by atoms with Gasteiger partial charge in [0.2, 0.25) is 11.8 Å². The number of amides is 2. The number of ether oxygens (including phenoxy) is 1. The molecule has 5 nitrogen and oxygen atoms in total. The lowest BCUT2D eigenvalue weighted by molar-refractivity contribution is -0.144. The van der Waals surface area contributed by atoms with Gasteiger partial charge in [-0.2, -0.15) is 0 Å². The Balaban J connectivity index is 1.49. The topological polar surface area (TPSA) is 49.9 Å². The van der Waals surface area contributed by atoms with Crippen LogP contribution in [0.15, 0.2) is 35.7 Å². The van der Waals surface area contributed by atoms with Gasteiger partial charge in [-0.25, -0.2) is 4.39 Å². The van der Waals surface area contributed by atoms with Gasteiger partial charge in [0.05, 0.1) is 12.6 Å². The Morgan fingerprint density at radius 3 is 2.75 bits per heavy atom. The van der Waals surface area contributed by atoms with Gasteiger partial charge in [-0.15, -0.1) is 11.3 Å². The maximum absolute atomic E-state index is 14.1. The Hall–Kier alpha value is -2.41. The molecule has 0 spiro atoms. The van der Waals surface area contributed by atoms with Crippen LogP contribution in [0.25, 0.3) is 0 Å². The summed E-state index contributed by atoms with van der Waals surface area (Å²) in [5.41, 5.74) is 1.06. The van der Waals surface area contributed by atoms with E-state index in [0.717, 1.165) is 44.1 Å². The molecule has 1 aliphatic carbocycles. The summed E-state index contributed by atoms with van der Waals surface area (Å²) in [6, 6.07) is 8.06. The molecular formula is C25H31FN2O3S. The SMILES string of the molecule is CCCN(CC(=O)N1CCc2sccc2[C@H]1COc1ccccc1F)C(=O)C1CCCC1. The summed E-state index contributed by atoms with van der Waals surface area (Å²) in [6.07, 6.45) is 5.64. The third-order valence-electron chi connectivity index (χ3n) is 6.48. The maximum atomic E-state index is 14.1. The second kappa shape index (κ2) is 10.5. The monoisotopic (exact) mass is 458 g/mol. The van der Waals surface area contributed by atoms with Gasteiger partial charge in [0, 0.05) is 23.9 Å². The van der Waals surface area contributed by atoms with Crippen LogP contribution in [0.3, 0.4) is 0 Å². The number of thiophene rings is 1. The lowest BCUT2D eigenvalue weighted by Crippen LogP contribution is -2.48. The number of carbonyl (C=O) groups excluding carboxylic acids is 2. The van der Waals surface area contributed by atoms with E-state index in [2.05, 4.69) is 0 Å². The molecule has 1 aromatic heterocycles. The summed E-state index contributed by atoms with van der Waals surface area (Å²) < 4.78 is 19.9. The van der Waals surface area contributed by atoms with Gasteiger partial charge in [-0.1, -0.05) is 31.9 Å². The van der Waals surface area contributed by atoms with Gasteiger partial charge in [0.25, 0.3) is 0 Å². The van der Waals surface area contributed by atoms with Gasteiger partial charge < -0.3 is 14.5 Å². The Bertz CT molecular complexity index is 941. The van der Waals surface area contributed by atoms with Crippen molar-refractivity contribution in [3.05, 3.63) is 52.0 Å². The van der Waals surface area contributed by atoms with Crippen molar-refractivity contribution in [3.63, 3.8) is 0 Å². The minimum Gasteiger partial charge on any atom is -0.488 e. The number of halogens is 1. The third kappa shape index (κ3) is 4.98. The summed E-state index contributed by atoms with van der Waals surface area (Å²) in [4.78, 5) is 31.3. The van der Waals surface area contributed by atoms with Crippen LogP contribution in [0, 0.1) is 11.7 Å². The van der Waals surface area contributed by atoms with Gasteiger partial charge in [-0.05, 0) is 54.8 Å². The first-order chi connectivity index (χ1) is 15.6. The van der Waals surface area contributed by atoms with Gasteiger partial charge in [0.15, 0.2) is 11.6 Å². The van der Waals surface area contributed by atoms with Crippen LogP contribution in [0.2, 0.25) is 0 Å². The van der Waals surface area contributed by atoms with Crippen LogP contribution in [-0.4, -0.2) is 47.9 Å². The van der Waals surface area contributed by atoms with Crippen LogP contribution in [-0.2, 0) is 16.0 Å². The molecule has 1 saturated carbocycles. The number of benzene rings is 1. The lowest BCUT2D eigenvalue weighted by atomic mass is 10.00. The molecule has 32 heavy (non-hydrogen) atoms. The summed E-state index contributed by atoms with van der Waals surface area (Å²) in [7, 11) is 0. The average Bonchev–Trinajstić information content (AvgIpc) is 3.49. The first-order valence-electron chi connectivity index (χ1n) is 11.6. The second-order valence-electron chi connectivity index (χ2n) is 8.63. The van der Waals surface area contributed by atoms with Crippen LogP contribution in [0.5, 0.6) is 5.75 Å². The molecule has 2 amide bonds. The fourth-order valence-electron chi connectivity index (χ4n) is 4.83. The lowest BCUT2D eigenvalue weighted by Gasteiger charge is -2.37. The molecule has 7 heteroatoms. The number of fused-ring (bicyclic) bond motifs is 1. The molecule has 0 bridgehead atoms. The second-order valence-corrected chi connectivity index (χ2v) is 9.64.